The molecule has 2 aliphatic heterocycles. The third-order valence-electron chi connectivity index (χ3n) is 7.17. The Bertz CT molecular complexity index is 891. The Morgan fingerprint density at radius 2 is 1.38 bits per heavy atom. The average molecular weight is 607 g/mol. The maximum Gasteiger partial charge on any atom is 0.469 e. The van der Waals surface area contributed by atoms with Crippen LogP contribution in [0.2, 0.25) is 0 Å². The van der Waals surface area contributed by atoms with Crippen molar-refractivity contribution in [1.82, 2.24) is 5.32 Å². The Morgan fingerprint density at radius 1 is 0.825 bits per heavy atom. The van der Waals surface area contributed by atoms with Gasteiger partial charge in [0, 0.05) is 6.92 Å². The molecule has 1 aliphatic carbocycles. The van der Waals surface area contributed by atoms with Gasteiger partial charge in [0.2, 0.25) is 5.91 Å². The Balaban J connectivity index is 1.80. The smallest absolute Gasteiger partial charge is 0.394 e. The predicted octanol–water partition coefficient (Wildman–Crippen LogP) is -5.62. The van der Waals surface area contributed by atoms with Gasteiger partial charge < -0.3 is 74.9 Å². The van der Waals surface area contributed by atoms with E-state index in [9.17, 15) is 60.0 Å². The molecular weight excluding hydrogens is 569 g/mol. The third kappa shape index (κ3) is 7.54. The van der Waals surface area contributed by atoms with E-state index in [1.54, 1.807) is 0 Å². The lowest BCUT2D eigenvalue weighted by atomic mass is 9.82. The topological polar surface area (TPSA) is 295 Å². The summed E-state index contributed by atoms with van der Waals surface area (Å²) in [5, 5.41) is 84.9. The SMILES string of the molecule is CC(=O)N[C@@H]1[C@H](O[C@H]2[C@H](O)[C@@H](O)[C@@H](O[C@@H]3[C@H](O)[C@@H](O)[C@H](C)C[C@H]3OP(=O)(O)O)O[C@@H]2CO)O[C@H](CO)[C@@H](O)[C@@H]1O. The highest BCUT2D eigenvalue weighted by Gasteiger charge is 2.53. The quantitative estimate of drug-likeness (QED) is 0.109. The summed E-state index contributed by atoms with van der Waals surface area (Å²) in [6, 6.07) is -1.42. The van der Waals surface area contributed by atoms with Crippen LogP contribution in [0.1, 0.15) is 20.3 Å². The molecule has 1 saturated carbocycles. The number of nitrogens with one attached hydrogen (secondary N) is 1. The maximum atomic E-state index is 11.7. The summed E-state index contributed by atoms with van der Waals surface area (Å²) in [5.41, 5.74) is 0. The lowest BCUT2D eigenvalue weighted by molar-refractivity contribution is -0.360. The Morgan fingerprint density at radius 3 is 1.93 bits per heavy atom. The highest BCUT2D eigenvalue weighted by molar-refractivity contribution is 7.46. The number of aliphatic hydroxyl groups is 8. The number of ether oxygens (including phenoxy) is 4. The molecule has 3 aliphatic rings. The van der Waals surface area contributed by atoms with Gasteiger partial charge in [-0.1, -0.05) is 6.92 Å². The molecule has 19 heteroatoms. The van der Waals surface area contributed by atoms with Gasteiger partial charge >= 0.3 is 7.82 Å². The highest BCUT2D eigenvalue weighted by Crippen LogP contribution is 2.43. The summed E-state index contributed by atoms with van der Waals surface area (Å²) in [4.78, 5) is 30.2. The second kappa shape index (κ2) is 13.6. The molecule has 0 aromatic rings. The van der Waals surface area contributed by atoms with E-state index in [-0.39, 0.29) is 6.42 Å². The van der Waals surface area contributed by atoms with Crippen LogP contribution in [0.4, 0.5) is 0 Å². The molecule has 18 nitrogen and oxygen atoms in total. The van der Waals surface area contributed by atoms with Gasteiger partial charge in [0.25, 0.3) is 0 Å². The van der Waals surface area contributed by atoms with Gasteiger partial charge in [-0.05, 0) is 12.3 Å². The largest absolute Gasteiger partial charge is 0.469 e. The number of hydrogen-bond acceptors (Lipinski definition) is 15. The first-order valence-corrected chi connectivity index (χ1v) is 14.1. The summed E-state index contributed by atoms with van der Waals surface area (Å²) < 4.78 is 38.4. The first kappa shape index (κ1) is 33.6. The van der Waals surface area contributed by atoms with Crippen LogP contribution in [0.5, 0.6) is 0 Å². The van der Waals surface area contributed by atoms with Crippen LogP contribution < -0.4 is 5.32 Å². The molecule has 3 rings (SSSR count). The van der Waals surface area contributed by atoms with E-state index in [4.69, 9.17) is 23.5 Å². The lowest BCUT2D eigenvalue weighted by Gasteiger charge is -2.48. The van der Waals surface area contributed by atoms with E-state index in [1.165, 1.54) is 6.92 Å². The monoisotopic (exact) mass is 607 g/mol. The van der Waals surface area contributed by atoms with Crippen molar-refractivity contribution in [3.63, 3.8) is 0 Å². The molecule has 1 amide bonds. The number of amides is 1. The molecule has 0 radical (unpaired) electrons. The molecule has 2 heterocycles. The fraction of sp³-hybridized carbons (Fsp3) is 0.952. The van der Waals surface area contributed by atoms with Crippen LogP contribution in [-0.4, -0.2) is 156 Å². The molecule has 11 N–H and O–H groups in total. The Labute approximate surface area is 228 Å². The summed E-state index contributed by atoms with van der Waals surface area (Å²) in [6.45, 7) is 0.979. The van der Waals surface area contributed by atoms with E-state index in [1.807, 2.05) is 0 Å². The van der Waals surface area contributed by atoms with Crippen LogP contribution >= 0.6 is 7.82 Å². The van der Waals surface area contributed by atoms with E-state index in [0.29, 0.717) is 0 Å². The number of carbonyl (C=O) groups excluding carboxylic acids is 1. The molecule has 234 valence electrons. The van der Waals surface area contributed by atoms with Crippen molar-refractivity contribution in [3.8, 4) is 0 Å². The molecular formula is C21H38NO17P. The van der Waals surface area contributed by atoms with Crippen molar-refractivity contribution in [1.29, 1.82) is 0 Å². The minimum Gasteiger partial charge on any atom is -0.394 e. The van der Waals surface area contributed by atoms with Crippen LogP contribution in [0.15, 0.2) is 0 Å². The first-order chi connectivity index (χ1) is 18.6. The first-order valence-electron chi connectivity index (χ1n) is 12.5. The van der Waals surface area contributed by atoms with Gasteiger partial charge in [-0.2, -0.15) is 0 Å². The second-order valence-electron chi connectivity index (χ2n) is 10.2. The fourth-order valence-corrected chi connectivity index (χ4v) is 5.63. The normalized spacial score (nSPS) is 46.6. The molecule has 0 aromatic carbocycles. The summed E-state index contributed by atoms with van der Waals surface area (Å²) in [7, 11) is -5.09. The molecule has 2 saturated heterocycles. The molecule has 0 aromatic heterocycles. The number of phosphoric acid groups is 1. The van der Waals surface area contributed by atoms with Gasteiger partial charge in [0.15, 0.2) is 12.6 Å². The number of carbonyl (C=O) groups is 1. The zero-order chi connectivity index (χ0) is 30.1. The van der Waals surface area contributed by atoms with Crippen molar-refractivity contribution < 1.29 is 83.5 Å². The summed E-state index contributed by atoms with van der Waals surface area (Å²) in [6.07, 6.45) is -21.7. The van der Waals surface area contributed by atoms with E-state index in [0.717, 1.165) is 6.92 Å². The van der Waals surface area contributed by atoms with Crippen LogP contribution in [0, 0.1) is 5.92 Å². The lowest BCUT2D eigenvalue weighted by Crippen LogP contribution is -2.68. The highest BCUT2D eigenvalue weighted by atomic mass is 31.2. The molecule has 3 fully saturated rings. The molecule has 15 atom stereocenters. The van der Waals surface area contributed by atoms with Crippen molar-refractivity contribution in [2.45, 2.75) is 106 Å². The van der Waals surface area contributed by atoms with Crippen LogP contribution in [-0.2, 0) is 32.8 Å². The maximum absolute atomic E-state index is 11.7. The second-order valence-corrected chi connectivity index (χ2v) is 11.4. The third-order valence-corrected chi connectivity index (χ3v) is 7.71. The van der Waals surface area contributed by atoms with Crippen molar-refractivity contribution in [2.75, 3.05) is 13.2 Å². The van der Waals surface area contributed by atoms with Crippen molar-refractivity contribution in [2.24, 2.45) is 5.92 Å². The predicted molar refractivity (Wildman–Crippen MR) is 126 cm³/mol. The Hall–Kier alpha value is -0.900. The van der Waals surface area contributed by atoms with Crippen molar-refractivity contribution >= 4 is 13.7 Å². The van der Waals surface area contributed by atoms with Crippen LogP contribution in [0.3, 0.4) is 0 Å². The summed E-state index contributed by atoms with van der Waals surface area (Å²) >= 11 is 0. The Kier molecular flexibility index (Phi) is 11.4. The van der Waals surface area contributed by atoms with Gasteiger partial charge in [-0.3, -0.25) is 9.32 Å². The van der Waals surface area contributed by atoms with Gasteiger partial charge in [-0.15, -0.1) is 0 Å². The molecule has 0 bridgehead atoms. The zero-order valence-electron chi connectivity index (χ0n) is 21.6. The minimum atomic E-state index is -5.09. The summed E-state index contributed by atoms with van der Waals surface area (Å²) in [5.74, 6) is -1.32. The number of rotatable bonds is 9. The average Bonchev–Trinajstić information content (AvgIpc) is 2.87. The van der Waals surface area contributed by atoms with E-state index >= 15 is 0 Å². The zero-order valence-corrected chi connectivity index (χ0v) is 22.5. The van der Waals surface area contributed by atoms with E-state index in [2.05, 4.69) is 5.32 Å². The van der Waals surface area contributed by atoms with E-state index < -0.39 is 119 Å². The van der Waals surface area contributed by atoms with Gasteiger partial charge in [0.05, 0.1) is 25.4 Å². The standard InChI is InChI=1S/C21H38NO17P/c1-6-3-8(39-40(32,33)34)18(15(29)12(6)26)38-21-17(31)16(30)19(10(5-24)36-21)37-20-11(22-7(2)25)14(28)13(27)9(4-23)35-20/h6,8-21,23-24,26-31H,3-5H2,1-2H3,(H,22,25)(H2,32,33,34)/t6-,8-,9-,10-,11+,12+,13-,14-,15-,16-,17-,18+,19-,20+,21-/m1/s1. The molecule has 0 spiro atoms. The van der Waals surface area contributed by atoms with Crippen LogP contribution in [0.25, 0.3) is 0 Å². The molecule has 0 unspecified atom stereocenters. The van der Waals surface area contributed by atoms with Gasteiger partial charge in [-0.25, -0.2) is 4.57 Å². The van der Waals surface area contributed by atoms with Gasteiger partial charge in [0.1, 0.15) is 61.0 Å². The number of phosphoric ester groups is 1. The minimum absolute atomic E-state index is 0.168. The molecule has 40 heavy (non-hydrogen) atoms. The van der Waals surface area contributed by atoms with Crippen molar-refractivity contribution in [3.05, 3.63) is 0 Å². The number of aliphatic hydroxyl groups excluding tert-OH is 8. The fourth-order valence-electron chi connectivity index (χ4n) is 5.07. The number of hydrogen-bond donors (Lipinski definition) is 11.